The van der Waals surface area contributed by atoms with Crippen LogP contribution >= 0.6 is 35.3 Å². The van der Waals surface area contributed by atoms with E-state index in [0.29, 0.717) is 17.1 Å². The molecule has 2 rings (SSSR count). The number of halogens is 3. The molecular formula is C18H20BrF2Na2O5PS2. The molecule has 0 radical (unpaired) electrons. The van der Waals surface area contributed by atoms with Crippen molar-refractivity contribution in [3.63, 3.8) is 0 Å². The number of thioether (sulfide) groups is 1. The van der Waals surface area contributed by atoms with Gasteiger partial charge in [0.05, 0.1) is 4.90 Å². The molecule has 0 fully saturated rings. The first-order chi connectivity index (χ1) is 13.3. The standard InChI is InChI=1S/C18H18BrF2O5PS2.2Na.2H/c1-29(25,26)15-6-2-4-13(10-15)5-3-9-28-12-14-7-8-16(17(19)11-14)18(20,21)27(22,23)24;;;;/h2-8,10-11H,9,12H2,1H3,(H2,22,23,24);;;;/q;2*+1;2*-1/b5-3+;;;;. The molecule has 2 aromatic rings. The zero-order valence-corrected chi connectivity index (χ0v) is 25.2. The molecule has 0 saturated heterocycles. The van der Waals surface area contributed by atoms with Crippen molar-refractivity contribution in [2.45, 2.75) is 16.3 Å². The van der Waals surface area contributed by atoms with Crippen LogP contribution in [0.25, 0.3) is 6.08 Å². The van der Waals surface area contributed by atoms with E-state index in [1.807, 2.05) is 6.08 Å². The van der Waals surface area contributed by atoms with Gasteiger partial charge >= 0.3 is 72.4 Å². The van der Waals surface area contributed by atoms with Crippen LogP contribution in [-0.2, 0) is 25.8 Å². The van der Waals surface area contributed by atoms with Crippen LogP contribution in [0.3, 0.4) is 0 Å². The van der Waals surface area contributed by atoms with Crippen LogP contribution in [0, 0.1) is 0 Å². The topological polar surface area (TPSA) is 91.7 Å². The van der Waals surface area contributed by atoms with Gasteiger partial charge in [0, 0.05) is 27.8 Å². The summed E-state index contributed by atoms with van der Waals surface area (Å²) in [5, 5.41) is 0. The van der Waals surface area contributed by atoms with E-state index in [-0.39, 0.29) is 71.3 Å². The molecule has 5 nitrogen and oxygen atoms in total. The Bertz CT molecular complexity index is 1090. The van der Waals surface area contributed by atoms with E-state index in [4.69, 9.17) is 9.79 Å². The maximum atomic E-state index is 13.8. The largest absolute Gasteiger partial charge is 1.00 e. The number of hydrogen-bond donors (Lipinski definition) is 2. The van der Waals surface area contributed by atoms with Gasteiger partial charge in [-0.1, -0.05) is 52.3 Å². The van der Waals surface area contributed by atoms with E-state index < -0.39 is 28.7 Å². The van der Waals surface area contributed by atoms with Crippen molar-refractivity contribution in [1.29, 1.82) is 0 Å². The summed E-state index contributed by atoms with van der Waals surface area (Å²) in [6.45, 7) is 0. The van der Waals surface area contributed by atoms with Gasteiger partial charge in [-0.25, -0.2) is 8.42 Å². The summed E-state index contributed by atoms with van der Waals surface area (Å²) >= 11 is 4.45. The van der Waals surface area contributed by atoms with Crippen molar-refractivity contribution in [2.24, 2.45) is 0 Å². The Hall–Kier alpha value is 0.970. The van der Waals surface area contributed by atoms with E-state index in [2.05, 4.69) is 15.9 Å². The average Bonchev–Trinajstić information content (AvgIpc) is 2.60. The van der Waals surface area contributed by atoms with Crippen molar-refractivity contribution in [3.8, 4) is 0 Å². The summed E-state index contributed by atoms with van der Waals surface area (Å²) in [6, 6.07) is 10.4. The van der Waals surface area contributed by atoms with Crippen LogP contribution in [0.2, 0.25) is 0 Å². The van der Waals surface area contributed by atoms with Crippen LogP contribution in [0.15, 0.2) is 57.9 Å². The molecule has 0 heterocycles. The normalized spacial score (nSPS) is 12.3. The van der Waals surface area contributed by atoms with Crippen molar-refractivity contribution in [1.82, 2.24) is 0 Å². The van der Waals surface area contributed by atoms with E-state index in [9.17, 15) is 21.8 Å². The van der Waals surface area contributed by atoms with Crippen LogP contribution in [0.5, 0.6) is 0 Å². The molecule has 0 aliphatic rings. The van der Waals surface area contributed by atoms with Gasteiger partial charge in [0.25, 0.3) is 0 Å². The number of benzene rings is 2. The number of hydrogen-bond acceptors (Lipinski definition) is 4. The summed E-state index contributed by atoms with van der Waals surface area (Å²) in [5.74, 6) is 1.09. The van der Waals surface area contributed by atoms with Crippen LogP contribution in [0.4, 0.5) is 8.78 Å². The van der Waals surface area contributed by atoms with Gasteiger partial charge in [-0.05, 0) is 29.3 Å². The van der Waals surface area contributed by atoms with Crippen LogP contribution in [-0.4, -0.2) is 30.2 Å². The molecule has 0 spiro atoms. The first-order valence-corrected chi connectivity index (χ1v) is 13.5. The fourth-order valence-corrected chi connectivity index (χ4v) is 5.11. The Morgan fingerprint density at radius 1 is 1.19 bits per heavy atom. The van der Waals surface area contributed by atoms with Crippen LogP contribution in [0.1, 0.15) is 19.5 Å². The first-order valence-electron chi connectivity index (χ1n) is 8.09. The second kappa shape index (κ2) is 13.2. The smallest absolute Gasteiger partial charge is 1.00 e. The van der Waals surface area contributed by atoms with Crippen molar-refractivity contribution >= 4 is 51.2 Å². The molecule has 31 heavy (non-hydrogen) atoms. The first kappa shape index (κ1) is 32.0. The molecule has 0 bridgehead atoms. The fraction of sp³-hybridized carbons (Fsp3) is 0.222. The number of sulfone groups is 1. The van der Waals surface area contributed by atoms with E-state index in [1.54, 1.807) is 24.3 Å². The Morgan fingerprint density at radius 2 is 1.84 bits per heavy atom. The van der Waals surface area contributed by atoms with Crippen molar-refractivity contribution in [3.05, 3.63) is 69.7 Å². The van der Waals surface area contributed by atoms with Gasteiger partial charge in [0.2, 0.25) is 0 Å². The van der Waals surface area contributed by atoms with Gasteiger partial charge in [-0.15, -0.1) is 0 Å². The third kappa shape index (κ3) is 9.26. The third-order valence-corrected chi connectivity index (χ3v) is 7.51. The predicted octanol–water partition coefficient (Wildman–Crippen LogP) is -0.741. The zero-order chi connectivity index (χ0) is 21.9. The van der Waals surface area contributed by atoms with E-state index >= 15 is 0 Å². The molecule has 162 valence electrons. The maximum Gasteiger partial charge on any atom is 1.00 e. The van der Waals surface area contributed by atoms with Gasteiger partial charge in [0.15, 0.2) is 9.84 Å². The molecule has 0 aromatic heterocycles. The summed E-state index contributed by atoms with van der Waals surface area (Å²) in [5.41, 5.74) is -3.56. The quantitative estimate of drug-likeness (QED) is 0.245. The summed E-state index contributed by atoms with van der Waals surface area (Å²) in [6.07, 6.45) is 4.80. The molecule has 0 aliphatic heterocycles. The molecule has 2 N–H and O–H groups in total. The molecule has 0 amide bonds. The summed E-state index contributed by atoms with van der Waals surface area (Å²) < 4.78 is 61.7. The second-order valence-corrected chi connectivity index (χ2v) is 11.7. The molecule has 13 heteroatoms. The molecule has 0 unspecified atom stereocenters. The third-order valence-electron chi connectivity index (χ3n) is 3.80. The molecule has 0 saturated carbocycles. The average molecular weight is 575 g/mol. The molecular weight excluding hydrogens is 555 g/mol. The van der Waals surface area contributed by atoms with E-state index in [1.165, 1.54) is 30.0 Å². The maximum absolute atomic E-state index is 13.8. The summed E-state index contributed by atoms with van der Waals surface area (Å²) in [4.78, 5) is 17.9. The Labute approximate surface area is 240 Å². The molecule has 2 aromatic carbocycles. The summed E-state index contributed by atoms with van der Waals surface area (Å²) in [7, 11) is -8.89. The van der Waals surface area contributed by atoms with Gasteiger partial charge in [-0.2, -0.15) is 20.5 Å². The van der Waals surface area contributed by atoms with Crippen LogP contribution < -0.4 is 59.1 Å². The minimum atomic E-state index is -5.62. The minimum Gasteiger partial charge on any atom is -1.00 e. The van der Waals surface area contributed by atoms with Crippen molar-refractivity contribution < 1.29 is 93.5 Å². The Kier molecular flexibility index (Phi) is 13.6. The van der Waals surface area contributed by atoms with Gasteiger partial charge in [0.1, 0.15) is 0 Å². The number of alkyl halides is 2. The predicted molar refractivity (Wildman–Crippen MR) is 117 cm³/mol. The van der Waals surface area contributed by atoms with Gasteiger partial charge < -0.3 is 12.6 Å². The molecule has 0 aliphatic carbocycles. The molecule has 0 atom stereocenters. The van der Waals surface area contributed by atoms with Crippen molar-refractivity contribution in [2.75, 3.05) is 12.0 Å². The second-order valence-electron chi connectivity index (χ2n) is 6.16. The Balaban J connectivity index is -0.00000225. The number of rotatable bonds is 8. The zero-order valence-electron chi connectivity index (χ0n) is 19.1. The fourth-order valence-electron chi connectivity index (χ4n) is 2.33. The van der Waals surface area contributed by atoms with E-state index in [0.717, 1.165) is 17.9 Å². The minimum absolute atomic E-state index is 0. The SMILES string of the molecule is CS(=O)(=O)c1cccc(/C=C/CSCc2ccc(C(F)(F)P(=O)(O)O)c(Br)c2)c1.[H-].[H-].[Na+].[Na+]. The van der Waals surface area contributed by atoms with Gasteiger partial charge in [-0.3, -0.25) is 4.57 Å². The monoisotopic (exact) mass is 574 g/mol. The Morgan fingerprint density at radius 3 is 2.39 bits per heavy atom.